The van der Waals surface area contributed by atoms with Crippen LogP contribution >= 0.6 is 0 Å². The zero-order chi connectivity index (χ0) is 20.5. The van der Waals surface area contributed by atoms with Crippen LogP contribution in [0.4, 0.5) is 5.69 Å². The lowest BCUT2D eigenvalue weighted by atomic mass is 10.2. The standard InChI is InChI=1S/C19H21N3O6/c1-25-13-6-8-15(26-2)14(10-13)21-18(23)19(24)22-20-11-12-5-7-16(27-3)17(9-12)28-4/h5-11H,1-4H3,(H,21,23)(H,22,24). The molecule has 0 aliphatic carbocycles. The molecule has 2 amide bonds. The number of amides is 2. The fourth-order valence-corrected chi connectivity index (χ4v) is 2.24. The number of hydrogen-bond donors (Lipinski definition) is 2. The number of carbonyl (C=O) groups is 2. The SMILES string of the molecule is COc1ccc(OC)c(NC(=O)C(=O)NN=Cc2ccc(OC)c(OC)c2)c1. The molecule has 0 saturated heterocycles. The zero-order valence-electron chi connectivity index (χ0n) is 15.9. The lowest BCUT2D eigenvalue weighted by Gasteiger charge is -2.11. The third-order valence-electron chi connectivity index (χ3n) is 3.65. The molecule has 0 atom stereocenters. The Balaban J connectivity index is 2.01. The number of benzene rings is 2. The van der Waals surface area contributed by atoms with Gasteiger partial charge in [-0.15, -0.1) is 0 Å². The topological polar surface area (TPSA) is 107 Å². The first-order valence-electron chi connectivity index (χ1n) is 8.10. The maximum atomic E-state index is 12.1. The number of hydrazone groups is 1. The van der Waals surface area contributed by atoms with Crippen molar-refractivity contribution in [2.24, 2.45) is 5.10 Å². The summed E-state index contributed by atoms with van der Waals surface area (Å²) in [7, 11) is 5.98. The van der Waals surface area contributed by atoms with Crippen LogP contribution in [0.3, 0.4) is 0 Å². The molecule has 0 bridgehead atoms. The summed E-state index contributed by atoms with van der Waals surface area (Å²) in [5.41, 5.74) is 3.10. The van der Waals surface area contributed by atoms with Crippen LogP contribution in [0.5, 0.6) is 23.0 Å². The van der Waals surface area contributed by atoms with E-state index in [0.717, 1.165) is 0 Å². The summed E-state index contributed by atoms with van der Waals surface area (Å²) in [4.78, 5) is 24.0. The number of methoxy groups -OCH3 is 4. The van der Waals surface area contributed by atoms with Crippen molar-refractivity contribution in [1.29, 1.82) is 0 Å². The number of hydrogen-bond acceptors (Lipinski definition) is 7. The fourth-order valence-electron chi connectivity index (χ4n) is 2.24. The van der Waals surface area contributed by atoms with Gasteiger partial charge < -0.3 is 24.3 Å². The van der Waals surface area contributed by atoms with Crippen molar-refractivity contribution in [2.75, 3.05) is 33.8 Å². The van der Waals surface area contributed by atoms with Gasteiger partial charge in [0.05, 0.1) is 40.3 Å². The van der Waals surface area contributed by atoms with Crippen LogP contribution in [0.2, 0.25) is 0 Å². The lowest BCUT2D eigenvalue weighted by molar-refractivity contribution is -0.136. The lowest BCUT2D eigenvalue weighted by Crippen LogP contribution is -2.32. The van der Waals surface area contributed by atoms with Crippen LogP contribution in [0.1, 0.15) is 5.56 Å². The van der Waals surface area contributed by atoms with Crippen molar-refractivity contribution in [2.45, 2.75) is 0 Å². The molecule has 2 rings (SSSR count). The Labute approximate surface area is 162 Å². The van der Waals surface area contributed by atoms with E-state index in [4.69, 9.17) is 18.9 Å². The first kappa shape index (κ1) is 20.6. The summed E-state index contributed by atoms with van der Waals surface area (Å²) >= 11 is 0. The van der Waals surface area contributed by atoms with Gasteiger partial charge in [0.25, 0.3) is 0 Å². The smallest absolute Gasteiger partial charge is 0.329 e. The van der Waals surface area contributed by atoms with E-state index in [1.165, 1.54) is 40.7 Å². The Bertz CT molecular complexity index is 882. The fraction of sp³-hybridized carbons (Fsp3) is 0.211. The van der Waals surface area contributed by atoms with E-state index in [1.807, 2.05) is 0 Å². The van der Waals surface area contributed by atoms with Crippen LogP contribution in [-0.2, 0) is 9.59 Å². The largest absolute Gasteiger partial charge is 0.497 e. The molecule has 2 aromatic rings. The molecule has 0 aliphatic rings. The summed E-state index contributed by atoms with van der Waals surface area (Å²) in [5, 5.41) is 6.23. The first-order chi connectivity index (χ1) is 13.5. The van der Waals surface area contributed by atoms with Crippen LogP contribution in [0, 0.1) is 0 Å². The molecule has 2 N–H and O–H groups in total. The summed E-state index contributed by atoms with van der Waals surface area (Å²) in [6.07, 6.45) is 1.37. The second-order valence-electron chi connectivity index (χ2n) is 5.33. The van der Waals surface area contributed by atoms with E-state index in [-0.39, 0.29) is 0 Å². The Morgan fingerprint density at radius 1 is 0.821 bits per heavy atom. The summed E-state index contributed by atoms with van der Waals surface area (Å²) in [5.74, 6) is 0.118. The Morgan fingerprint density at radius 2 is 1.50 bits per heavy atom. The van der Waals surface area contributed by atoms with Crippen molar-refractivity contribution >= 4 is 23.7 Å². The molecule has 0 radical (unpaired) electrons. The number of nitrogens with one attached hydrogen (secondary N) is 2. The van der Waals surface area contributed by atoms with E-state index in [9.17, 15) is 9.59 Å². The van der Waals surface area contributed by atoms with E-state index in [2.05, 4.69) is 15.8 Å². The molecule has 9 nitrogen and oxygen atoms in total. The molecule has 0 aromatic heterocycles. The number of ether oxygens (including phenoxy) is 4. The molecule has 28 heavy (non-hydrogen) atoms. The van der Waals surface area contributed by atoms with Gasteiger partial charge in [-0.1, -0.05) is 0 Å². The molecular weight excluding hydrogens is 366 g/mol. The maximum absolute atomic E-state index is 12.1. The van der Waals surface area contributed by atoms with Gasteiger partial charge in [0.15, 0.2) is 11.5 Å². The van der Waals surface area contributed by atoms with Gasteiger partial charge in [-0.3, -0.25) is 9.59 Å². The number of nitrogens with zero attached hydrogens (tertiary/aromatic N) is 1. The molecule has 0 saturated carbocycles. The predicted octanol–water partition coefficient (Wildman–Crippen LogP) is 1.81. The molecule has 148 valence electrons. The van der Waals surface area contributed by atoms with Crippen LogP contribution in [0.15, 0.2) is 41.5 Å². The highest BCUT2D eigenvalue weighted by Crippen LogP contribution is 2.29. The van der Waals surface area contributed by atoms with Gasteiger partial charge in [0.1, 0.15) is 11.5 Å². The average Bonchev–Trinajstić information content (AvgIpc) is 2.73. The van der Waals surface area contributed by atoms with Crippen molar-refractivity contribution in [3.05, 3.63) is 42.0 Å². The Kier molecular flexibility index (Phi) is 7.21. The van der Waals surface area contributed by atoms with Crippen molar-refractivity contribution in [3.8, 4) is 23.0 Å². The quantitative estimate of drug-likeness (QED) is 0.426. The number of rotatable bonds is 7. The summed E-state index contributed by atoms with van der Waals surface area (Å²) < 4.78 is 20.6. The van der Waals surface area contributed by atoms with Crippen molar-refractivity contribution in [1.82, 2.24) is 5.43 Å². The van der Waals surface area contributed by atoms with Crippen LogP contribution < -0.4 is 29.7 Å². The second kappa shape index (κ2) is 9.81. The van der Waals surface area contributed by atoms with Gasteiger partial charge >= 0.3 is 11.8 Å². The molecule has 0 fully saturated rings. The van der Waals surface area contributed by atoms with Gasteiger partial charge in [0.2, 0.25) is 0 Å². The van der Waals surface area contributed by atoms with Crippen LogP contribution in [0.25, 0.3) is 0 Å². The van der Waals surface area contributed by atoms with E-state index in [0.29, 0.717) is 34.2 Å². The summed E-state index contributed by atoms with van der Waals surface area (Å²) in [6, 6.07) is 9.91. The van der Waals surface area contributed by atoms with Gasteiger partial charge in [0, 0.05) is 6.07 Å². The van der Waals surface area contributed by atoms with Crippen LogP contribution in [-0.4, -0.2) is 46.5 Å². The monoisotopic (exact) mass is 387 g/mol. The molecule has 0 spiro atoms. The highest BCUT2D eigenvalue weighted by atomic mass is 16.5. The molecular formula is C19H21N3O6. The second-order valence-corrected chi connectivity index (χ2v) is 5.33. The van der Waals surface area contributed by atoms with Gasteiger partial charge in [-0.2, -0.15) is 5.10 Å². The van der Waals surface area contributed by atoms with E-state index in [1.54, 1.807) is 30.3 Å². The third-order valence-corrected chi connectivity index (χ3v) is 3.65. The van der Waals surface area contributed by atoms with Crippen molar-refractivity contribution < 1.29 is 28.5 Å². The molecule has 0 unspecified atom stereocenters. The van der Waals surface area contributed by atoms with E-state index >= 15 is 0 Å². The number of anilines is 1. The Morgan fingerprint density at radius 3 is 2.14 bits per heavy atom. The predicted molar refractivity (Wildman–Crippen MR) is 103 cm³/mol. The minimum atomic E-state index is -0.943. The average molecular weight is 387 g/mol. The highest BCUT2D eigenvalue weighted by Gasteiger charge is 2.16. The molecule has 0 aliphatic heterocycles. The van der Waals surface area contributed by atoms with Crippen molar-refractivity contribution in [3.63, 3.8) is 0 Å². The van der Waals surface area contributed by atoms with Gasteiger partial charge in [-0.25, -0.2) is 5.43 Å². The van der Waals surface area contributed by atoms with E-state index < -0.39 is 11.8 Å². The normalized spacial score (nSPS) is 10.3. The van der Waals surface area contributed by atoms with Gasteiger partial charge in [-0.05, 0) is 35.9 Å². The molecule has 0 heterocycles. The number of carbonyl (C=O) groups excluding carboxylic acids is 2. The maximum Gasteiger partial charge on any atom is 0.329 e. The first-order valence-corrected chi connectivity index (χ1v) is 8.10. The third kappa shape index (κ3) is 5.13. The molecule has 2 aromatic carbocycles. The molecule has 9 heteroatoms. The Hall–Kier alpha value is -3.75. The minimum absolute atomic E-state index is 0.297. The minimum Gasteiger partial charge on any atom is -0.497 e. The highest BCUT2D eigenvalue weighted by molar-refractivity contribution is 6.39. The zero-order valence-corrected chi connectivity index (χ0v) is 15.9. The summed E-state index contributed by atoms with van der Waals surface area (Å²) in [6.45, 7) is 0.